The number of nitrogens with one attached hydrogen (secondary N) is 1. The molecule has 0 spiro atoms. The van der Waals surface area contributed by atoms with Gasteiger partial charge in [0, 0.05) is 36.8 Å². The molecule has 0 saturated carbocycles. The molecule has 94 valence electrons. The molecular formula is C13H11N5S. The van der Waals surface area contributed by atoms with Crippen molar-refractivity contribution in [3.05, 3.63) is 47.6 Å². The summed E-state index contributed by atoms with van der Waals surface area (Å²) in [5.74, 6) is 0.708. The highest BCUT2D eigenvalue weighted by atomic mass is 32.1. The molecule has 0 fully saturated rings. The van der Waals surface area contributed by atoms with Crippen molar-refractivity contribution in [2.45, 2.75) is 0 Å². The zero-order valence-corrected chi connectivity index (χ0v) is 11.1. The highest BCUT2D eigenvalue weighted by Crippen LogP contribution is 2.20. The van der Waals surface area contributed by atoms with E-state index in [2.05, 4.69) is 20.1 Å². The Balaban J connectivity index is 2.14. The van der Waals surface area contributed by atoms with Gasteiger partial charge in [-0.3, -0.25) is 9.67 Å². The number of aromatic nitrogens is 5. The molecule has 3 rings (SSSR count). The Hall–Kier alpha value is -2.34. The molecule has 0 atom stereocenters. The largest absolute Gasteiger partial charge is 0.339 e. The first-order valence-electron chi connectivity index (χ1n) is 5.73. The fraction of sp³-hybridized carbons (Fsp3) is 0.0769. The number of H-pyrrole nitrogens is 1. The van der Waals surface area contributed by atoms with Crippen LogP contribution in [0.3, 0.4) is 0 Å². The fourth-order valence-electron chi connectivity index (χ4n) is 1.81. The Kier molecular flexibility index (Phi) is 2.92. The molecule has 0 bridgehead atoms. The second-order valence-corrected chi connectivity index (χ2v) is 4.54. The van der Waals surface area contributed by atoms with Gasteiger partial charge in [-0.1, -0.05) is 12.2 Å². The first-order chi connectivity index (χ1) is 9.22. The molecule has 19 heavy (non-hydrogen) atoms. The lowest BCUT2D eigenvalue weighted by atomic mass is 10.2. The van der Waals surface area contributed by atoms with Crippen LogP contribution in [-0.4, -0.2) is 24.7 Å². The van der Waals surface area contributed by atoms with E-state index in [0.29, 0.717) is 10.5 Å². The summed E-state index contributed by atoms with van der Waals surface area (Å²) in [5, 5.41) is 4.15. The maximum atomic E-state index is 5.22. The fourth-order valence-corrected chi connectivity index (χ4v) is 2.02. The Labute approximate surface area is 115 Å². The number of nitrogens with zero attached hydrogens (tertiary/aromatic N) is 4. The molecule has 0 aromatic carbocycles. The molecule has 0 radical (unpaired) electrons. The standard InChI is InChI=1S/C13H11N5S/c1-18-8-10(7-15-18)11-5-12(19)17-13(16-11)9-3-2-4-14-6-9/h2-8H,1H3,(H,16,17,19). The predicted octanol–water partition coefficient (Wildman–Crippen LogP) is 2.60. The van der Waals surface area contributed by atoms with Crippen LogP contribution >= 0.6 is 12.2 Å². The molecule has 3 aromatic rings. The molecule has 0 aliphatic heterocycles. The molecule has 3 heterocycles. The van der Waals surface area contributed by atoms with Gasteiger partial charge in [-0.15, -0.1) is 0 Å². The summed E-state index contributed by atoms with van der Waals surface area (Å²) < 4.78 is 2.28. The van der Waals surface area contributed by atoms with Crippen molar-refractivity contribution in [1.82, 2.24) is 24.7 Å². The van der Waals surface area contributed by atoms with Gasteiger partial charge in [0.1, 0.15) is 10.5 Å². The van der Waals surface area contributed by atoms with Crippen LogP contribution in [-0.2, 0) is 7.05 Å². The van der Waals surface area contributed by atoms with Gasteiger partial charge in [0.15, 0.2) is 0 Å². The van der Waals surface area contributed by atoms with Gasteiger partial charge in [-0.25, -0.2) is 4.98 Å². The van der Waals surface area contributed by atoms with Crippen molar-refractivity contribution in [2.24, 2.45) is 7.05 Å². The highest BCUT2D eigenvalue weighted by Gasteiger charge is 2.05. The molecule has 0 saturated heterocycles. The topological polar surface area (TPSA) is 59.4 Å². The Morgan fingerprint density at radius 3 is 2.84 bits per heavy atom. The maximum absolute atomic E-state index is 5.22. The highest BCUT2D eigenvalue weighted by molar-refractivity contribution is 7.71. The lowest BCUT2D eigenvalue weighted by molar-refractivity contribution is 0.768. The number of hydrogen-bond acceptors (Lipinski definition) is 4. The summed E-state index contributed by atoms with van der Waals surface area (Å²) in [6.07, 6.45) is 7.19. The van der Waals surface area contributed by atoms with Gasteiger partial charge >= 0.3 is 0 Å². The molecule has 0 aliphatic rings. The number of aromatic amines is 1. The summed E-state index contributed by atoms with van der Waals surface area (Å²) in [7, 11) is 1.88. The van der Waals surface area contributed by atoms with Crippen molar-refractivity contribution < 1.29 is 0 Å². The minimum absolute atomic E-state index is 0.538. The number of aryl methyl sites for hydroxylation is 1. The average Bonchev–Trinajstić information content (AvgIpc) is 2.86. The summed E-state index contributed by atoms with van der Waals surface area (Å²) in [6.45, 7) is 0. The summed E-state index contributed by atoms with van der Waals surface area (Å²) in [5.41, 5.74) is 2.77. The van der Waals surface area contributed by atoms with E-state index in [1.807, 2.05) is 31.4 Å². The lowest BCUT2D eigenvalue weighted by Crippen LogP contribution is -1.92. The van der Waals surface area contributed by atoms with E-state index in [-0.39, 0.29) is 0 Å². The zero-order valence-electron chi connectivity index (χ0n) is 10.2. The first kappa shape index (κ1) is 11.7. The molecule has 3 aromatic heterocycles. The third kappa shape index (κ3) is 2.43. The average molecular weight is 269 g/mol. The smallest absolute Gasteiger partial charge is 0.140 e. The monoisotopic (exact) mass is 269 g/mol. The second kappa shape index (κ2) is 4.74. The van der Waals surface area contributed by atoms with Crippen LogP contribution in [0.4, 0.5) is 0 Å². The van der Waals surface area contributed by atoms with E-state index >= 15 is 0 Å². The zero-order chi connectivity index (χ0) is 13.2. The van der Waals surface area contributed by atoms with Crippen LogP contribution in [0.15, 0.2) is 43.0 Å². The van der Waals surface area contributed by atoms with Crippen molar-refractivity contribution >= 4 is 12.2 Å². The third-order valence-corrected chi connectivity index (χ3v) is 2.90. The minimum Gasteiger partial charge on any atom is -0.339 e. The van der Waals surface area contributed by atoms with Crippen molar-refractivity contribution in [2.75, 3.05) is 0 Å². The van der Waals surface area contributed by atoms with E-state index in [4.69, 9.17) is 12.2 Å². The Bertz CT molecular complexity index is 760. The second-order valence-electron chi connectivity index (χ2n) is 4.13. The molecule has 6 heteroatoms. The quantitative estimate of drug-likeness (QED) is 0.726. The van der Waals surface area contributed by atoms with Gasteiger partial charge in [0.05, 0.1) is 11.9 Å². The predicted molar refractivity (Wildman–Crippen MR) is 74.9 cm³/mol. The van der Waals surface area contributed by atoms with Crippen LogP contribution < -0.4 is 0 Å². The maximum Gasteiger partial charge on any atom is 0.140 e. The van der Waals surface area contributed by atoms with Crippen molar-refractivity contribution in [1.29, 1.82) is 0 Å². The van der Waals surface area contributed by atoms with E-state index in [1.54, 1.807) is 23.3 Å². The van der Waals surface area contributed by atoms with Crippen LogP contribution in [0.5, 0.6) is 0 Å². The van der Waals surface area contributed by atoms with E-state index < -0.39 is 0 Å². The van der Waals surface area contributed by atoms with Crippen molar-refractivity contribution in [3.8, 4) is 22.6 Å². The van der Waals surface area contributed by atoms with Gasteiger partial charge in [0.2, 0.25) is 0 Å². The van der Waals surface area contributed by atoms with Crippen LogP contribution in [0, 0.1) is 4.64 Å². The Morgan fingerprint density at radius 2 is 2.16 bits per heavy atom. The van der Waals surface area contributed by atoms with Crippen molar-refractivity contribution in [3.63, 3.8) is 0 Å². The third-order valence-electron chi connectivity index (χ3n) is 2.69. The molecular weight excluding hydrogens is 258 g/mol. The van der Waals surface area contributed by atoms with Gasteiger partial charge in [0.25, 0.3) is 0 Å². The molecule has 5 nitrogen and oxygen atoms in total. The summed E-state index contributed by atoms with van der Waals surface area (Å²) >= 11 is 5.22. The SMILES string of the molecule is Cn1cc(-c2cc(=S)nc(-c3cccnc3)[nH]2)cn1. The van der Waals surface area contributed by atoms with Gasteiger partial charge in [-0.2, -0.15) is 5.10 Å². The number of hydrogen-bond donors (Lipinski definition) is 1. The molecule has 0 aliphatic carbocycles. The molecule has 0 amide bonds. The van der Waals surface area contributed by atoms with Gasteiger partial charge < -0.3 is 4.98 Å². The minimum atomic E-state index is 0.538. The first-order valence-corrected chi connectivity index (χ1v) is 6.14. The van der Waals surface area contributed by atoms with Crippen LogP contribution in [0.2, 0.25) is 0 Å². The number of rotatable bonds is 2. The lowest BCUT2D eigenvalue weighted by Gasteiger charge is -2.04. The summed E-state index contributed by atoms with van der Waals surface area (Å²) in [4.78, 5) is 11.7. The van der Waals surface area contributed by atoms with E-state index in [0.717, 1.165) is 16.8 Å². The Morgan fingerprint density at radius 1 is 1.26 bits per heavy atom. The number of pyridine rings is 1. The van der Waals surface area contributed by atoms with Crippen LogP contribution in [0.25, 0.3) is 22.6 Å². The van der Waals surface area contributed by atoms with Crippen LogP contribution in [0.1, 0.15) is 0 Å². The normalized spacial score (nSPS) is 10.6. The van der Waals surface area contributed by atoms with E-state index in [1.165, 1.54) is 0 Å². The molecule has 0 unspecified atom stereocenters. The van der Waals surface area contributed by atoms with Gasteiger partial charge in [-0.05, 0) is 18.2 Å². The molecule has 1 N–H and O–H groups in total. The van der Waals surface area contributed by atoms with E-state index in [9.17, 15) is 0 Å². The summed E-state index contributed by atoms with van der Waals surface area (Å²) in [6, 6.07) is 5.63.